The smallest absolute Gasteiger partial charge is 0.457 e. The van der Waals surface area contributed by atoms with Crippen molar-refractivity contribution in [3.05, 3.63) is 146 Å². The second-order valence-corrected chi connectivity index (χ2v) is 28.0. The fraction of sp³-hybridized carbons (Fsp3) is 0.387. The average Bonchev–Trinajstić information content (AvgIpc) is 1.48. The van der Waals surface area contributed by atoms with Crippen LogP contribution in [0.4, 0.5) is 25.8 Å². The highest BCUT2D eigenvalue weighted by atomic mass is 16.7. The summed E-state index contributed by atoms with van der Waals surface area (Å²) in [6.07, 6.45) is -6.77. The Bertz CT molecular complexity index is 5060. The van der Waals surface area contributed by atoms with Gasteiger partial charge in [0.05, 0.1) is 65.2 Å². The minimum atomic E-state index is -2.06. The number of carbonyl (C=O) groups is 16. The van der Waals surface area contributed by atoms with Crippen molar-refractivity contribution in [2.45, 2.75) is 153 Å². The third kappa shape index (κ3) is 16.5. The number of allylic oxidation sites excluding steroid dienone is 2. The van der Waals surface area contributed by atoms with Crippen LogP contribution >= 0.6 is 0 Å². The number of esters is 1. The van der Waals surface area contributed by atoms with Gasteiger partial charge in [-0.1, -0.05) is 49.4 Å². The topological polar surface area (TPSA) is 579 Å². The average molecular weight is 1590 g/mol. The number of hydrogen-bond acceptors (Lipinski definition) is 27. The number of amides is 12. The van der Waals surface area contributed by atoms with E-state index in [4.69, 9.17) is 61.1 Å². The van der Waals surface area contributed by atoms with Crippen LogP contribution in [0, 0.1) is 5.92 Å². The summed E-state index contributed by atoms with van der Waals surface area (Å²) in [4.78, 5) is 233. The second kappa shape index (κ2) is 33.3. The van der Waals surface area contributed by atoms with Crippen molar-refractivity contribution in [1.29, 1.82) is 0 Å². The van der Waals surface area contributed by atoms with Crippen molar-refractivity contribution in [2.75, 3.05) is 38.0 Å². The molecule has 6 aliphatic rings. The second-order valence-electron chi connectivity index (χ2n) is 28.0. The lowest BCUT2D eigenvalue weighted by Gasteiger charge is -2.40. The van der Waals surface area contributed by atoms with E-state index in [-0.39, 0.29) is 77.8 Å². The molecule has 2 aromatic heterocycles. The van der Waals surface area contributed by atoms with E-state index in [1.165, 1.54) is 99.7 Å². The molecule has 115 heavy (non-hydrogen) atoms. The van der Waals surface area contributed by atoms with E-state index in [9.17, 15) is 81.5 Å². The lowest BCUT2D eigenvalue weighted by atomic mass is 9.82. The monoisotopic (exact) mass is 1590 g/mol. The summed E-state index contributed by atoms with van der Waals surface area (Å²) >= 11 is 0. The summed E-state index contributed by atoms with van der Waals surface area (Å²) in [6, 6.07) is 12.2. The van der Waals surface area contributed by atoms with Crippen molar-refractivity contribution in [3.63, 3.8) is 0 Å². The molecule has 0 spiro atoms. The molecule has 5 aromatic rings. The molecule has 3 aromatic carbocycles. The number of nitrogens with zero attached hydrogens (tertiary/aromatic N) is 4. The Kier molecular flexibility index (Phi) is 23.9. The van der Waals surface area contributed by atoms with Gasteiger partial charge >= 0.3 is 24.3 Å². The Balaban J connectivity index is 0.599. The molecular formula is C75H82N16O24. The maximum atomic E-state index is 14.0. The number of piperazine rings is 1. The minimum absolute atomic E-state index is 0.0253. The molecule has 5 aliphatic heterocycles. The number of rotatable bonds is 30. The number of nitrogens with two attached hydrogens (primary N) is 4. The van der Waals surface area contributed by atoms with Crippen LogP contribution in [-0.2, 0) is 127 Å². The fourth-order valence-corrected chi connectivity index (χ4v) is 14.4. The van der Waals surface area contributed by atoms with Crippen molar-refractivity contribution >= 4 is 117 Å². The van der Waals surface area contributed by atoms with E-state index in [1.54, 1.807) is 17.9 Å². The largest absolute Gasteiger partial charge is 0.510 e. The number of fused-ring (bicyclic) bond motifs is 9. The molecule has 40 heteroatoms. The van der Waals surface area contributed by atoms with E-state index in [2.05, 4.69) is 42.5 Å². The predicted molar refractivity (Wildman–Crippen MR) is 395 cm³/mol. The number of primary amides is 3. The summed E-state index contributed by atoms with van der Waals surface area (Å²) in [5.41, 5.74) is 21.7. The van der Waals surface area contributed by atoms with Gasteiger partial charge in [0.25, 0.3) is 17.4 Å². The Morgan fingerprint density at radius 3 is 1.68 bits per heavy atom. The number of nitrogens with one attached hydrogen (secondary N) is 8. The van der Waals surface area contributed by atoms with Gasteiger partial charge in [0, 0.05) is 59.8 Å². The molecule has 0 saturated carbocycles. The van der Waals surface area contributed by atoms with Crippen molar-refractivity contribution in [3.8, 4) is 11.4 Å². The first-order chi connectivity index (χ1) is 54.5. The van der Waals surface area contributed by atoms with Crippen LogP contribution in [0.15, 0.2) is 112 Å². The Labute approximate surface area is 652 Å². The van der Waals surface area contributed by atoms with Gasteiger partial charge in [0.2, 0.25) is 70.5 Å². The highest BCUT2D eigenvalue weighted by Crippen LogP contribution is 2.60. The quantitative estimate of drug-likeness (QED) is 0.00801. The molecule has 16 N–H and O–H groups in total. The zero-order valence-corrected chi connectivity index (χ0v) is 63.1. The van der Waals surface area contributed by atoms with Gasteiger partial charge in [-0.15, -0.1) is 0 Å². The predicted octanol–water partition coefficient (Wildman–Crippen LogP) is -1.52. The van der Waals surface area contributed by atoms with Gasteiger partial charge in [-0.2, -0.15) is 0 Å². The Morgan fingerprint density at radius 1 is 0.643 bits per heavy atom. The van der Waals surface area contributed by atoms with Crippen LogP contribution < -0.4 is 71.0 Å². The molecule has 1 aliphatic carbocycles. The number of ether oxygens (including phenoxy) is 7. The number of pyridine rings is 2. The van der Waals surface area contributed by atoms with Gasteiger partial charge in [0.15, 0.2) is 5.72 Å². The number of carbonyl (C=O) groups excluding carboxylic acids is 16. The van der Waals surface area contributed by atoms with Gasteiger partial charge in [0.1, 0.15) is 68.7 Å². The van der Waals surface area contributed by atoms with E-state index in [1.807, 2.05) is 30.3 Å². The third-order valence-corrected chi connectivity index (χ3v) is 20.5. The minimum Gasteiger partial charge on any atom is -0.457 e. The van der Waals surface area contributed by atoms with E-state index < -0.39 is 198 Å². The zero-order valence-electron chi connectivity index (χ0n) is 63.1. The first-order valence-corrected chi connectivity index (χ1v) is 36.0. The standard InChI is InChI=1S/C75H82N16O24/c1-9-74(44-23-49-55-40(22-39-12-10-11-13-46(39)86-55)26-89(49)69(104)43(44)30-111-70(74)105)115-73(108)114-29-38-16-20-42(21-17-38)85-66(101)48(25-52(77)93)88-64(99)36(6)81-62(97)34(4)83-68(103)59(109-7)67(102)82-33(3)61(96)80-35(5)63(98)87-47(24-51(76)92)65(100)84-41-18-14-37(15-19-41)28-113-72(107)91-50-27-90-56-53(58(95)54(78)32(2)57(56)94)45(31-112-71(79)106)75(90,110-8)60(50)91/h10-23,33-36,45,47-48,50,59-60H,9,24-31,78H2,1-8H3,(H2,76,92)(H2,77,93)(H2,79,106)(H,80,96)(H,81,97)(H,82,102)(H,83,103)(H,84,100)(H,85,101)(H,87,98)(H,88,99)/t33-,34-,35-,36-,45+,47-,48-,50-,59?,60?,74-,75+,91?/m0/s1. The summed E-state index contributed by atoms with van der Waals surface area (Å²) in [6.45, 7) is 6.54. The lowest BCUT2D eigenvalue weighted by molar-refractivity contribution is -0.175. The molecule has 0 bridgehead atoms. The molecule has 0 radical (unpaired) electrons. The van der Waals surface area contributed by atoms with Crippen LogP contribution in [0.3, 0.4) is 0 Å². The maximum absolute atomic E-state index is 14.0. The SMILES string of the molecule is CC[C@@]1(OC(=O)OCc2ccc(NC(=O)[C@H](CC(N)=O)NC(=O)[C@H](C)NC(=O)[C@H](C)NC(=O)C(OC)C(=O)N[C@@H](C)C(=O)N[C@@H](C)C(=O)N[C@@H](CC(N)=O)C(=O)Nc3ccc(COC(=O)N4C5[C@@H]4CN4C6=C(C(=O)C(N)=C(C)C6=O)[C@@H](COC(N)=O)[C@@]54OC)cc3)cc2)C(=O)OCc2c1cc1n(c2=O)Cc2cc3ccccc3nc2-1. The van der Waals surface area contributed by atoms with Crippen molar-refractivity contribution < 1.29 is 110 Å². The number of cyclic esters (lactones) is 1. The van der Waals surface area contributed by atoms with Crippen LogP contribution in [0.2, 0.25) is 0 Å². The fourth-order valence-electron chi connectivity index (χ4n) is 14.4. The summed E-state index contributed by atoms with van der Waals surface area (Å²) in [7, 11) is 2.29. The first-order valence-electron chi connectivity index (χ1n) is 36.0. The third-order valence-electron chi connectivity index (χ3n) is 20.5. The first kappa shape index (κ1) is 82.3. The highest BCUT2D eigenvalue weighted by molar-refractivity contribution is 6.25. The lowest BCUT2D eigenvalue weighted by Crippen LogP contribution is -2.58. The van der Waals surface area contributed by atoms with Gasteiger partial charge in [-0.05, 0) is 94.6 Å². The molecule has 2 fully saturated rings. The number of anilines is 2. The number of ketones is 2. The van der Waals surface area contributed by atoms with Gasteiger partial charge in [-0.3, -0.25) is 67.2 Å². The molecule has 12 atom stereocenters. The molecule has 7 heterocycles. The van der Waals surface area contributed by atoms with Crippen LogP contribution in [0.25, 0.3) is 22.3 Å². The van der Waals surface area contributed by atoms with E-state index in [0.717, 1.165) is 18.1 Å². The Hall–Kier alpha value is -13.7. The van der Waals surface area contributed by atoms with Crippen LogP contribution in [0.1, 0.15) is 88.6 Å². The Morgan fingerprint density at radius 2 is 1.17 bits per heavy atom. The number of hydrogen-bond donors (Lipinski definition) is 12. The highest BCUT2D eigenvalue weighted by Gasteiger charge is 2.78. The molecular weight excluding hydrogens is 1510 g/mol. The maximum Gasteiger partial charge on any atom is 0.510 e. The van der Waals surface area contributed by atoms with Crippen molar-refractivity contribution in [1.82, 2.24) is 51.3 Å². The normalized spacial score (nSPS) is 20.4. The van der Waals surface area contributed by atoms with Gasteiger partial charge in [-0.25, -0.2) is 24.2 Å². The van der Waals surface area contributed by atoms with Crippen LogP contribution in [-0.4, -0.2) is 202 Å². The van der Waals surface area contributed by atoms with Crippen molar-refractivity contribution in [2.24, 2.45) is 28.9 Å². The van der Waals surface area contributed by atoms with Crippen LogP contribution in [0.5, 0.6) is 0 Å². The van der Waals surface area contributed by atoms with E-state index in [0.29, 0.717) is 28.0 Å². The zero-order chi connectivity index (χ0) is 83.6. The molecule has 2 saturated heterocycles. The summed E-state index contributed by atoms with van der Waals surface area (Å²) in [5.74, 6) is -13.4. The van der Waals surface area contributed by atoms with Gasteiger partial charge < -0.3 is 108 Å². The molecule has 2 unspecified atom stereocenters. The van der Waals surface area contributed by atoms with E-state index >= 15 is 0 Å². The summed E-state index contributed by atoms with van der Waals surface area (Å²) < 4.78 is 40.0. The number of aromatic nitrogens is 2. The molecule has 606 valence electrons. The summed E-state index contributed by atoms with van der Waals surface area (Å²) in [5, 5.41) is 19.8. The molecule has 11 rings (SSSR count). The number of Topliss-reactive ketones (excluding diaryl/α,β-unsaturated/α-hetero) is 2. The molecule has 40 nitrogen and oxygen atoms in total. The number of benzene rings is 3. The molecule has 12 amide bonds. The number of para-hydroxylation sites is 1. The number of methoxy groups -OCH3 is 2.